The van der Waals surface area contributed by atoms with E-state index in [0.717, 1.165) is 0 Å². The van der Waals surface area contributed by atoms with Gasteiger partial charge in [-0.3, -0.25) is 0 Å². The molecule has 5 atom stereocenters. The molecule has 0 aromatic carbocycles. The van der Waals surface area contributed by atoms with Crippen LogP contribution >= 0.6 is 0 Å². The maximum atomic E-state index is 14.6. The van der Waals surface area contributed by atoms with Crippen molar-refractivity contribution in [2.24, 2.45) is 5.41 Å². The monoisotopic (exact) mass is 337 g/mol. The number of rotatable bonds is 3. The Kier molecular flexibility index (Phi) is 4.90. The lowest BCUT2D eigenvalue weighted by Crippen LogP contribution is -2.60. The Hall–Kier alpha value is -0.990. The van der Waals surface area contributed by atoms with Crippen molar-refractivity contribution in [2.45, 2.75) is 70.6 Å². The average Bonchev–Trinajstić information content (AvgIpc) is 3.21. The molecule has 2 N–H and O–H groups in total. The van der Waals surface area contributed by atoms with Crippen LogP contribution in [0.2, 0.25) is 0 Å². The number of amides is 1. The van der Waals surface area contributed by atoms with Crippen LogP contribution in [-0.4, -0.2) is 70.7 Å². The second kappa shape index (κ2) is 6.14. The lowest BCUT2D eigenvalue weighted by Gasteiger charge is -2.41. The standard InChI is InChI=1S/C15H25F2NO5/c1-5-18(6-2)13(21)23-12-11(20)14(3,4)7-8-9(22-8)10(19)15(12,16)17/h8-12,19-20H,5-7H2,1-4H3/t8-,9-,10+,11-,12-/m1/s1. The number of hydrogen-bond donors (Lipinski definition) is 2. The van der Waals surface area contributed by atoms with Crippen molar-refractivity contribution in [1.82, 2.24) is 4.90 Å². The molecule has 1 saturated heterocycles. The zero-order valence-corrected chi connectivity index (χ0v) is 13.8. The summed E-state index contributed by atoms with van der Waals surface area (Å²) in [6, 6.07) is 0. The third-order valence-electron chi connectivity index (χ3n) is 4.77. The number of aliphatic hydroxyl groups excluding tert-OH is 2. The first-order chi connectivity index (χ1) is 10.6. The van der Waals surface area contributed by atoms with Crippen molar-refractivity contribution in [2.75, 3.05) is 13.1 Å². The van der Waals surface area contributed by atoms with E-state index in [1.807, 2.05) is 0 Å². The molecule has 2 fully saturated rings. The number of aliphatic hydroxyl groups is 2. The zero-order chi connectivity index (χ0) is 17.6. The highest BCUT2D eigenvalue weighted by Gasteiger charge is 2.65. The van der Waals surface area contributed by atoms with E-state index in [-0.39, 0.29) is 0 Å². The van der Waals surface area contributed by atoms with Gasteiger partial charge in [-0.1, -0.05) is 13.8 Å². The van der Waals surface area contributed by atoms with Gasteiger partial charge in [-0.05, 0) is 25.7 Å². The lowest BCUT2D eigenvalue weighted by molar-refractivity contribution is -0.226. The predicted molar refractivity (Wildman–Crippen MR) is 77.2 cm³/mol. The molecule has 1 saturated carbocycles. The second-order valence-electron chi connectivity index (χ2n) is 6.87. The van der Waals surface area contributed by atoms with Crippen LogP contribution in [0.4, 0.5) is 13.6 Å². The Morgan fingerprint density at radius 1 is 1.26 bits per heavy atom. The molecule has 1 aliphatic carbocycles. The summed E-state index contributed by atoms with van der Waals surface area (Å²) in [4.78, 5) is 13.3. The zero-order valence-electron chi connectivity index (χ0n) is 13.8. The number of hydrogen-bond acceptors (Lipinski definition) is 5. The number of nitrogens with zero attached hydrogens (tertiary/aromatic N) is 1. The Bertz CT molecular complexity index is 455. The first-order valence-corrected chi connectivity index (χ1v) is 7.91. The minimum absolute atomic E-state index is 0.295. The van der Waals surface area contributed by atoms with E-state index < -0.39 is 48.0 Å². The Labute approximate surface area is 134 Å². The van der Waals surface area contributed by atoms with Gasteiger partial charge in [0.05, 0.1) is 6.10 Å². The fourth-order valence-corrected chi connectivity index (χ4v) is 3.05. The first-order valence-electron chi connectivity index (χ1n) is 7.91. The number of halogens is 2. The third-order valence-corrected chi connectivity index (χ3v) is 4.77. The molecular weight excluding hydrogens is 312 g/mol. The minimum atomic E-state index is -3.81. The number of fused-ring (bicyclic) bond motifs is 1. The number of epoxide rings is 1. The van der Waals surface area contributed by atoms with Gasteiger partial charge < -0.3 is 24.6 Å². The van der Waals surface area contributed by atoms with Gasteiger partial charge >= 0.3 is 12.0 Å². The second-order valence-corrected chi connectivity index (χ2v) is 6.87. The Morgan fingerprint density at radius 3 is 2.35 bits per heavy atom. The van der Waals surface area contributed by atoms with E-state index in [1.54, 1.807) is 27.7 Å². The number of carbonyl (C=O) groups excluding carboxylic acids is 1. The predicted octanol–water partition coefficient (Wildman–Crippen LogP) is 1.39. The van der Waals surface area contributed by atoms with Crippen molar-refractivity contribution in [3.8, 4) is 0 Å². The largest absolute Gasteiger partial charge is 0.437 e. The fraction of sp³-hybridized carbons (Fsp3) is 0.933. The molecule has 8 heteroatoms. The molecule has 0 spiro atoms. The molecular formula is C15H25F2NO5. The average molecular weight is 337 g/mol. The molecule has 23 heavy (non-hydrogen) atoms. The highest BCUT2D eigenvalue weighted by atomic mass is 19.3. The molecule has 2 rings (SSSR count). The van der Waals surface area contributed by atoms with Crippen LogP contribution in [0.25, 0.3) is 0 Å². The van der Waals surface area contributed by atoms with Crippen molar-refractivity contribution in [3.05, 3.63) is 0 Å². The van der Waals surface area contributed by atoms with E-state index in [4.69, 9.17) is 9.47 Å². The highest BCUT2D eigenvalue weighted by Crippen LogP contribution is 2.48. The molecule has 1 amide bonds. The van der Waals surface area contributed by atoms with E-state index in [0.29, 0.717) is 19.5 Å². The van der Waals surface area contributed by atoms with Gasteiger partial charge in [-0.2, -0.15) is 8.78 Å². The normalized spacial score (nSPS) is 38.0. The van der Waals surface area contributed by atoms with Gasteiger partial charge in [-0.25, -0.2) is 4.79 Å². The van der Waals surface area contributed by atoms with E-state index in [2.05, 4.69) is 0 Å². The maximum absolute atomic E-state index is 14.6. The molecule has 0 radical (unpaired) electrons. The van der Waals surface area contributed by atoms with E-state index >= 15 is 0 Å². The summed E-state index contributed by atoms with van der Waals surface area (Å²) in [6.45, 7) is 7.20. The van der Waals surface area contributed by atoms with Gasteiger partial charge in [0.25, 0.3) is 0 Å². The van der Waals surface area contributed by atoms with Crippen LogP contribution < -0.4 is 0 Å². The molecule has 1 heterocycles. The van der Waals surface area contributed by atoms with Crippen LogP contribution in [0.15, 0.2) is 0 Å². The summed E-state index contributed by atoms with van der Waals surface area (Å²) in [6.07, 6.45) is -8.03. The quantitative estimate of drug-likeness (QED) is 0.761. The Balaban J connectivity index is 2.29. The maximum Gasteiger partial charge on any atom is 0.410 e. The van der Waals surface area contributed by atoms with Crippen LogP contribution in [0.1, 0.15) is 34.1 Å². The number of carbonyl (C=O) groups is 1. The third kappa shape index (κ3) is 3.29. The molecule has 2 aliphatic rings. The van der Waals surface area contributed by atoms with Crippen molar-refractivity contribution in [3.63, 3.8) is 0 Å². The molecule has 0 aromatic heterocycles. The highest BCUT2D eigenvalue weighted by molar-refractivity contribution is 5.67. The fourth-order valence-electron chi connectivity index (χ4n) is 3.05. The SMILES string of the molecule is CCN(CC)C(=O)O[C@@H]1[C@@H](O)C(C)(C)C[C@H]2O[C@H]2[C@H](O)C1(F)F. The topological polar surface area (TPSA) is 82.5 Å². The Morgan fingerprint density at radius 2 is 1.83 bits per heavy atom. The van der Waals surface area contributed by atoms with E-state index in [9.17, 15) is 23.8 Å². The molecule has 0 bridgehead atoms. The van der Waals surface area contributed by atoms with Crippen LogP contribution in [0.5, 0.6) is 0 Å². The van der Waals surface area contributed by atoms with E-state index in [1.165, 1.54) is 4.90 Å². The van der Waals surface area contributed by atoms with Crippen molar-refractivity contribution in [1.29, 1.82) is 0 Å². The minimum Gasteiger partial charge on any atom is -0.437 e. The molecule has 0 unspecified atom stereocenters. The van der Waals surface area contributed by atoms with Crippen LogP contribution in [0, 0.1) is 5.41 Å². The summed E-state index contributed by atoms with van der Waals surface area (Å²) in [5.41, 5.74) is -0.947. The number of alkyl halides is 2. The molecule has 1 aliphatic heterocycles. The summed E-state index contributed by atoms with van der Waals surface area (Å²) in [7, 11) is 0. The van der Waals surface area contributed by atoms with Crippen LogP contribution in [-0.2, 0) is 9.47 Å². The first kappa shape index (κ1) is 18.4. The molecule has 6 nitrogen and oxygen atoms in total. The molecule has 134 valence electrons. The van der Waals surface area contributed by atoms with Gasteiger partial charge in [0, 0.05) is 13.1 Å². The summed E-state index contributed by atoms with van der Waals surface area (Å²) < 4.78 is 39.3. The summed E-state index contributed by atoms with van der Waals surface area (Å²) >= 11 is 0. The van der Waals surface area contributed by atoms with Crippen molar-refractivity contribution < 1.29 is 33.3 Å². The summed E-state index contributed by atoms with van der Waals surface area (Å²) in [5, 5.41) is 20.3. The number of ether oxygens (including phenoxy) is 2. The molecule has 0 aromatic rings. The smallest absolute Gasteiger partial charge is 0.410 e. The van der Waals surface area contributed by atoms with Gasteiger partial charge in [0.15, 0.2) is 6.10 Å². The van der Waals surface area contributed by atoms with Gasteiger partial charge in [0.2, 0.25) is 0 Å². The lowest BCUT2D eigenvalue weighted by atomic mass is 9.74. The summed E-state index contributed by atoms with van der Waals surface area (Å²) in [5.74, 6) is -3.81. The van der Waals surface area contributed by atoms with Crippen LogP contribution in [0.3, 0.4) is 0 Å². The van der Waals surface area contributed by atoms with Crippen molar-refractivity contribution >= 4 is 6.09 Å². The van der Waals surface area contributed by atoms with Gasteiger partial charge in [0.1, 0.15) is 18.3 Å². The van der Waals surface area contributed by atoms with Gasteiger partial charge in [-0.15, -0.1) is 0 Å².